The summed E-state index contributed by atoms with van der Waals surface area (Å²) in [6.07, 6.45) is 7.75. The molecule has 96 valence electrons. The van der Waals surface area contributed by atoms with Crippen molar-refractivity contribution in [1.82, 2.24) is 4.57 Å². The van der Waals surface area contributed by atoms with Crippen molar-refractivity contribution in [2.45, 2.75) is 13.5 Å². The van der Waals surface area contributed by atoms with E-state index >= 15 is 0 Å². The molecule has 0 N–H and O–H groups in total. The van der Waals surface area contributed by atoms with Crippen molar-refractivity contribution in [1.29, 1.82) is 0 Å². The summed E-state index contributed by atoms with van der Waals surface area (Å²) in [6, 6.07) is 0. The minimum atomic E-state index is -10.7. The first-order valence-electron chi connectivity index (χ1n) is 4.07. The summed E-state index contributed by atoms with van der Waals surface area (Å²) in [4.78, 5) is 0. The molecule has 0 spiro atoms. The first kappa shape index (κ1) is 15.0. The van der Waals surface area contributed by atoms with Crippen molar-refractivity contribution in [3.63, 3.8) is 0 Å². The van der Waals surface area contributed by atoms with Crippen LogP contribution in [0.15, 0.2) is 25.3 Å². The molecule has 1 rings (SSSR count). The van der Waals surface area contributed by atoms with Crippen LogP contribution in [0, 0.1) is 0 Å². The second-order valence-electron chi connectivity index (χ2n) is 2.83. The van der Waals surface area contributed by atoms with Gasteiger partial charge < -0.3 is 0 Å². The van der Waals surface area contributed by atoms with Gasteiger partial charge in [-0.1, -0.05) is 6.58 Å². The van der Waals surface area contributed by atoms with E-state index in [0.29, 0.717) is 0 Å². The average Bonchev–Trinajstić information content (AvgIpc) is 2.45. The van der Waals surface area contributed by atoms with E-state index in [1.807, 2.05) is 23.3 Å². The summed E-state index contributed by atoms with van der Waals surface area (Å²) in [5.74, 6) is 0. The Morgan fingerprint density at radius 2 is 1.69 bits per heavy atom. The minimum absolute atomic E-state index is 1.01. The van der Waals surface area contributed by atoms with Gasteiger partial charge >= 0.3 is 33.0 Å². The van der Waals surface area contributed by atoms with Gasteiger partial charge in [0.2, 0.25) is 6.33 Å². The molecule has 0 aliphatic rings. The van der Waals surface area contributed by atoms with E-state index in [2.05, 4.69) is 18.1 Å². The van der Waals surface area contributed by atoms with Crippen LogP contribution in [0.2, 0.25) is 0 Å². The molecular weight excluding hydrogens is 257 g/mol. The Hall–Kier alpha value is -1.04. The average molecular weight is 268 g/mol. The monoisotopic (exact) mass is 268 g/mol. The summed E-state index contributed by atoms with van der Waals surface area (Å²) < 4.78 is 63.2. The molecule has 0 fully saturated rings. The van der Waals surface area contributed by atoms with Crippen molar-refractivity contribution in [2.24, 2.45) is 0 Å². The molecule has 0 aliphatic heterocycles. The first-order valence-corrected chi connectivity index (χ1v) is 6.10. The van der Waals surface area contributed by atoms with E-state index < -0.39 is 7.81 Å². The Balaban J connectivity index is 0.000000293. The second-order valence-corrected chi connectivity index (χ2v) is 4.75. The van der Waals surface area contributed by atoms with Gasteiger partial charge in [-0.25, -0.2) is 9.13 Å². The number of imidazole rings is 1. The van der Waals surface area contributed by atoms with Gasteiger partial charge in [0.25, 0.3) is 0 Å². The quantitative estimate of drug-likeness (QED) is 0.430. The predicted molar refractivity (Wildman–Crippen MR) is 50.3 cm³/mol. The SMILES string of the molecule is C=Cn1cc[n+](CC)c1.F[P-](F)(F)(F)(F)F. The topological polar surface area (TPSA) is 8.81 Å². The van der Waals surface area contributed by atoms with E-state index in [4.69, 9.17) is 0 Å². The zero-order valence-electron chi connectivity index (χ0n) is 8.33. The molecule has 0 unspecified atom stereocenters. The molecule has 9 heteroatoms. The molecule has 0 radical (unpaired) electrons. The van der Waals surface area contributed by atoms with Crippen LogP contribution in [-0.4, -0.2) is 4.57 Å². The van der Waals surface area contributed by atoms with Crippen LogP contribution >= 0.6 is 7.81 Å². The van der Waals surface area contributed by atoms with E-state index in [0.717, 1.165) is 6.54 Å². The van der Waals surface area contributed by atoms with Crippen LogP contribution < -0.4 is 4.57 Å². The standard InChI is InChI=1S/C7H11N2.F6P/c1-3-8-5-6-9(4-2)7-8;1-7(2,3,4,5)6/h3,5-7H,1,4H2,2H3;/q+1;-1. The molecule has 0 saturated heterocycles. The van der Waals surface area contributed by atoms with Crippen molar-refractivity contribution < 1.29 is 29.7 Å². The predicted octanol–water partition coefficient (Wildman–Crippen LogP) is 4.28. The molecular formula is C7H11F6N2P. The third kappa shape index (κ3) is 13.0. The van der Waals surface area contributed by atoms with Gasteiger partial charge in [0.1, 0.15) is 12.4 Å². The molecule has 1 aromatic heterocycles. The number of aryl methyl sites for hydroxylation is 1. The number of hydrogen-bond acceptors (Lipinski definition) is 0. The van der Waals surface area contributed by atoms with E-state index in [9.17, 15) is 25.2 Å². The van der Waals surface area contributed by atoms with Crippen molar-refractivity contribution in [3.8, 4) is 0 Å². The molecule has 0 aliphatic carbocycles. The molecule has 0 bridgehead atoms. The van der Waals surface area contributed by atoms with Crippen LogP contribution in [0.5, 0.6) is 0 Å². The van der Waals surface area contributed by atoms with Gasteiger partial charge in [0.15, 0.2) is 0 Å². The summed E-state index contributed by atoms with van der Waals surface area (Å²) in [5.41, 5.74) is 0. The Morgan fingerprint density at radius 1 is 1.25 bits per heavy atom. The third-order valence-corrected chi connectivity index (χ3v) is 1.29. The Labute approximate surface area is 88.0 Å². The van der Waals surface area contributed by atoms with E-state index in [1.165, 1.54) is 0 Å². The van der Waals surface area contributed by atoms with Crippen LogP contribution in [0.1, 0.15) is 6.92 Å². The molecule has 0 aromatic carbocycles. The Morgan fingerprint density at radius 3 is 1.88 bits per heavy atom. The Bertz CT molecular complexity index is 353. The van der Waals surface area contributed by atoms with Crippen LogP contribution in [0.3, 0.4) is 0 Å². The van der Waals surface area contributed by atoms with E-state index in [-0.39, 0.29) is 0 Å². The fourth-order valence-electron chi connectivity index (χ4n) is 0.706. The van der Waals surface area contributed by atoms with Crippen molar-refractivity contribution >= 4 is 14.0 Å². The molecule has 0 saturated carbocycles. The Kier molecular flexibility index (Phi) is 3.52. The molecule has 0 atom stereocenters. The number of hydrogen-bond donors (Lipinski definition) is 0. The second kappa shape index (κ2) is 3.76. The fourth-order valence-corrected chi connectivity index (χ4v) is 0.706. The number of nitrogens with zero attached hydrogens (tertiary/aromatic N) is 2. The van der Waals surface area contributed by atoms with Gasteiger partial charge in [-0.3, -0.25) is 0 Å². The molecule has 0 amide bonds. The molecule has 2 nitrogen and oxygen atoms in total. The number of aromatic nitrogens is 2. The zero-order valence-corrected chi connectivity index (χ0v) is 9.23. The number of rotatable bonds is 2. The van der Waals surface area contributed by atoms with E-state index in [1.54, 1.807) is 6.20 Å². The molecule has 1 heterocycles. The third-order valence-electron chi connectivity index (χ3n) is 1.29. The van der Waals surface area contributed by atoms with Gasteiger partial charge in [-0.15, -0.1) is 0 Å². The van der Waals surface area contributed by atoms with Crippen LogP contribution in [0.25, 0.3) is 6.20 Å². The van der Waals surface area contributed by atoms with Crippen molar-refractivity contribution in [3.05, 3.63) is 25.3 Å². The van der Waals surface area contributed by atoms with Crippen LogP contribution in [0.4, 0.5) is 25.2 Å². The van der Waals surface area contributed by atoms with Crippen LogP contribution in [-0.2, 0) is 6.54 Å². The van der Waals surface area contributed by atoms with Gasteiger partial charge in [-0.05, 0) is 6.92 Å². The zero-order chi connectivity index (χ0) is 13.1. The summed E-state index contributed by atoms with van der Waals surface area (Å²) in [7, 11) is -10.7. The maximum absolute atomic E-state index is 10.7. The fraction of sp³-hybridized carbons (Fsp3) is 0.286. The summed E-state index contributed by atoms with van der Waals surface area (Å²) >= 11 is 0. The normalized spacial score (nSPS) is 15.4. The van der Waals surface area contributed by atoms with Gasteiger partial charge in [0.05, 0.1) is 12.7 Å². The number of halogens is 6. The summed E-state index contributed by atoms with van der Waals surface area (Å²) in [5, 5.41) is 0. The van der Waals surface area contributed by atoms with Gasteiger partial charge in [0, 0.05) is 0 Å². The summed E-state index contributed by atoms with van der Waals surface area (Å²) in [6.45, 7) is 6.75. The van der Waals surface area contributed by atoms with Crippen molar-refractivity contribution in [2.75, 3.05) is 0 Å². The van der Waals surface area contributed by atoms with Gasteiger partial charge in [-0.2, -0.15) is 0 Å². The first-order chi connectivity index (χ1) is 6.81. The maximum atomic E-state index is 9.87. The molecule has 16 heavy (non-hydrogen) atoms. The molecule has 1 aromatic rings.